The highest BCUT2D eigenvalue weighted by atomic mass is 35.5. The molecule has 29 heavy (non-hydrogen) atoms. The quantitative estimate of drug-likeness (QED) is 0.553. The van der Waals surface area contributed by atoms with Crippen LogP contribution in [0.4, 0.5) is 0 Å². The summed E-state index contributed by atoms with van der Waals surface area (Å²) < 4.78 is 6.44. The molecule has 1 fully saturated rings. The second kappa shape index (κ2) is 9.26. The number of hydrogen-bond acceptors (Lipinski definition) is 4. The first kappa shape index (κ1) is 20.4. The molecule has 2 heterocycles. The summed E-state index contributed by atoms with van der Waals surface area (Å²) in [6, 6.07) is 16.3. The van der Waals surface area contributed by atoms with Crippen LogP contribution in [0.1, 0.15) is 48.8 Å². The molecule has 2 aromatic carbocycles. The van der Waals surface area contributed by atoms with Crippen molar-refractivity contribution in [3.05, 3.63) is 81.9 Å². The fourth-order valence-electron chi connectivity index (χ4n) is 4.12. The molecule has 7 heteroatoms. The first-order valence-corrected chi connectivity index (χ1v) is 10.6. The molecule has 5 nitrogen and oxygen atoms in total. The number of likely N-dealkylation sites (tertiary alicyclic amines) is 1. The molecule has 0 radical (unpaired) electrons. The van der Waals surface area contributed by atoms with Crippen LogP contribution < -0.4 is 0 Å². The van der Waals surface area contributed by atoms with E-state index in [9.17, 15) is 0 Å². The van der Waals surface area contributed by atoms with Crippen LogP contribution in [0.3, 0.4) is 0 Å². The predicted octanol–water partition coefficient (Wildman–Crippen LogP) is 5.60. The van der Waals surface area contributed by atoms with Gasteiger partial charge in [0.25, 0.3) is 0 Å². The maximum absolute atomic E-state index is 6.44. The Bertz CT molecular complexity index is 900. The Labute approximate surface area is 181 Å². The molecule has 0 amide bonds. The monoisotopic (exact) mass is 430 g/mol. The highest BCUT2D eigenvalue weighted by molar-refractivity contribution is 6.34. The molecule has 3 aromatic rings. The van der Waals surface area contributed by atoms with Crippen LogP contribution in [0.15, 0.2) is 54.9 Å². The van der Waals surface area contributed by atoms with Crippen LogP contribution in [-0.2, 0) is 11.3 Å². The average Bonchev–Trinajstić information content (AvgIpc) is 3.26. The van der Waals surface area contributed by atoms with E-state index in [2.05, 4.69) is 51.3 Å². The van der Waals surface area contributed by atoms with Gasteiger partial charge in [0.15, 0.2) is 5.82 Å². The topological polar surface area (TPSA) is 54.0 Å². The summed E-state index contributed by atoms with van der Waals surface area (Å²) in [6.45, 7) is 3.59. The second-order valence-electron chi connectivity index (χ2n) is 7.40. The zero-order valence-corrected chi connectivity index (χ0v) is 17.8. The molecular weight excluding hydrogens is 407 g/mol. The van der Waals surface area contributed by atoms with Gasteiger partial charge in [-0.25, -0.2) is 4.98 Å². The van der Waals surface area contributed by atoms with Gasteiger partial charge in [-0.05, 0) is 55.6 Å². The Hall–Kier alpha value is -1.92. The van der Waals surface area contributed by atoms with Gasteiger partial charge in [0.1, 0.15) is 6.33 Å². The van der Waals surface area contributed by atoms with Gasteiger partial charge in [-0.2, -0.15) is 5.10 Å². The standard InChI is InChI=1S/C22H24Cl2N4O/c1-15(22-25-14-26-27-22)28-9-5-8-20(21(28)17-6-3-2-4-7-17)29-13-16-10-18(23)12-19(24)11-16/h2-4,6-7,10-12,14-15,20-21H,5,8-9,13H2,1H3,(H,25,26,27)/t15-,20+,21+/m1/s1. The number of hydrogen-bond donors (Lipinski definition) is 1. The molecule has 1 N–H and O–H groups in total. The van der Waals surface area contributed by atoms with E-state index in [0.717, 1.165) is 30.8 Å². The van der Waals surface area contributed by atoms with Crippen LogP contribution in [0.5, 0.6) is 0 Å². The van der Waals surface area contributed by atoms with Crippen molar-refractivity contribution in [3.8, 4) is 0 Å². The number of H-pyrrole nitrogens is 1. The van der Waals surface area contributed by atoms with E-state index in [4.69, 9.17) is 27.9 Å². The largest absolute Gasteiger partial charge is 0.372 e. The molecule has 1 aliphatic heterocycles. The number of nitrogens with zero attached hydrogens (tertiary/aromatic N) is 3. The number of rotatable bonds is 6. The number of aromatic amines is 1. The summed E-state index contributed by atoms with van der Waals surface area (Å²) in [7, 11) is 0. The number of aromatic nitrogens is 3. The predicted molar refractivity (Wildman–Crippen MR) is 115 cm³/mol. The van der Waals surface area contributed by atoms with Gasteiger partial charge in [-0.15, -0.1) is 0 Å². The lowest BCUT2D eigenvalue weighted by molar-refractivity contribution is -0.0655. The Kier molecular flexibility index (Phi) is 6.50. The van der Waals surface area contributed by atoms with Gasteiger partial charge < -0.3 is 4.74 Å². The summed E-state index contributed by atoms with van der Waals surface area (Å²) in [4.78, 5) is 6.82. The smallest absolute Gasteiger partial charge is 0.167 e. The minimum absolute atomic E-state index is 0.0466. The molecule has 4 rings (SSSR count). The number of benzene rings is 2. The average molecular weight is 431 g/mol. The highest BCUT2D eigenvalue weighted by Gasteiger charge is 2.37. The maximum atomic E-state index is 6.44. The van der Waals surface area contributed by atoms with Gasteiger partial charge >= 0.3 is 0 Å². The lowest BCUT2D eigenvalue weighted by Gasteiger charge is -2.43. The third kappa shape index (κ3) is 4.81. The Balaban J connectivity index is 1.59. The van der Waals surface area contributed by atoms with Crippen molar-refractivity contribution in [2.24, 2.45) is 0 Å². The SMILES string of the molecule is C[C@H](c1nc[nH]n1)N1CCC[C@H](OCc2cc(Cl)cc(Cl)c2)[C@@H]1c1ccccc1. The number of ether oxygens (including phenoxy) is 1. The van der Waals surface area contributed by atoms with E-state index >= 15 is 0 Å². The summed E-state index contributed by atoms with van der Waals surface area (Å²) in [5.74, 6) is 0.799. The lowest BCUT2D eigenvalue weighted by Crippen LogP contribution is -2.44. The number of piperidine rings is 1. The van der Waals surface area contributed by atoms with E-state index < -0.39 is 0 Å². The van der Waals surface area contributed by atoms with Gasteiger partial charge in [0.2, 0.25) is 0 Å². The van der Waals surface area contributed by atoms with Crippen LogP contribution in [-0.4, -0.2) is 32.7 Å². The van der Waals surface area contributed by atoms with Crippen LogP contribution in [0.25, 0.3) is 0 Å². The van der Waals surface area contributed by atoms with Gasteiger partial charge in [-0.3, -0.25) is 10.00 Å². The molecule has 1 aliphatic rings. The highest BCUT2D eigenvalue weighted by Crippen LogP contribution is 2.38. The van der Waals surface area contributed by atoms with E-state index in [1.54, 1.807) is 12.4 Å². The van der Waals surface area contributed by atoms with Crippen LogP contribution in [0, 0.1) is 0 Å². The zero-order chi connectivity index (χ0) is 20.2. The maximum Gasteiger partial charge on any atom is 0.167 e. The molecule has 0 unspecified atom stereocenters. The zero-order valence-electron chi connectivity index (χ0n) is 16.3. The molecule has 1 aromatic heterocycles. The van der Waals surface area contributed by atoms with Crippen molar-refractivity contribution in [1.82, 2.24) is 20.1 Å². The molecule has 0 aliphatic carbocycles. The van der Waals surface area contributed by atoms with Crippen molar-refractivity contribution in [2.45, 2.75) is 44.6 Å². The molecule has 0 bridgehead atoms. The second-order valence-corrected chi connectivity index (χ2v) is 8.27. The van der Waals surface area contributed by atoms with Crippen molar-refractivity contribution < 1.29 is 4.74 Å². The third-order valence-corrected chi connectivity index (χ3v) is 5.88. The van der Waals surface area contributed by atoms with E-state index in [1.807, 2.05) is 18.2 Å². The molecule has 0 spiro atoms. The van der Waals surface area contributed by atoms with E-state index in [-0.39, 0.29) is 18.2 Å². The first-order valence-electron chi connectivity index (χ1n) is 9.85. The van der Waals surface area contributed by atoms with Crippen molar-refractivity contribution in [3.63, 3.8) is 0 Å². The summed E-state index contributed by atoms with van der Waals surface area (Å²) >= 11 is 12.3. The summed E-state index contributed by atoms with van der Waals surface area (Å²) in [5.41, 5.74) is 2.22. The normalized spacial score (nSPS) is 21.2. The fraction of sp³-hybridized carbons (Fsp3) is 0.364. The van der Waals surface area contributed by atoms with Crippen molar-refractivity contribution in [1.29, 1.82) is 0 Å². The molecule has 0 saturated carbocycles. The van der Waals surface area contributed by atoms with Crippen molar-refractivity contribution >= 4 is 23.2 Å². The fourth-order valence-corrected chi connectivity index (χ4v) is 4.69. The Morgan fingerprint density at radius 1 is 1.17 bits per heavy atom. The van der Waals surface area contributed by atoms with Gasteiger partial charge in [0, 0.05) is 10.0 Å². The third-order valence-electron chi connectivity index (χ3n) is 5.45. The lowest BCUT2D eigenvalue weighted by atomic mass is 9.90. The van der Waals surface area contributed by atoms with Crippen molar-refractivity contribution in [2.75, 3.05) is 6.54 Å². The Morgan fingerprint density at radius 2 is 1.93 bits per heavy atom. The Morgan fingerprint density at radius 3 is 2.62 bits per heavy atom. The minimum atomic E-state index is 0.0466. The first-order chi connectivity index (χ1) is 14.1. The molecule has 1 saturated heterocycles. The van der Waals surface area contributed by atoms with Crippen LogP contribution >= 0.6 is 23.2 Å². The van der Waals surface area contributed by atoms with Gasteiger partial charge in [-0.1, -0.05) is 53.5 Å². The molecule has 3 atom stereocenters. The van der Waals surface area contributed by atoms with E-state index in [0.29, 0.717) is 16.7 Å². The summed E-state index contributed by atoms with van der Waals surface area (Å²) in [5, 5.41) is 8.39. The van der Waals surface area contributed by atoms with Crippen LogP contribution in [0.2, 0.25) is 10.0 Å². The molecule has 152 valence electrons. The number of nitrogens with one attached hydrogen (secondary N) is 1. The number of halogens is 2. The summed E-state index contributed by atoms with van der Waals surface area (Å²) in [6.07, 6.45) is 3.72. The minimum Gasteiger partial charge on any atom is -0.372 e. The van der Waals surface area contributed by atoms with Gasteiger partial charge in [0.05, 0.1) is 24.8 Å². The van der Waals surface area contributed by atoms with E-state index in [1.165, 1.54) is 5.56 Å². The molecular formula is C22H24Cl2N4O.